The van der Waals surface area contributed by atoms with Crippen molar-refractivity contribution in [2.45, 2.75) is 57.7 Å². The zero-order valence-corrected chi connectivity index (χ0v) is 13.4. The lowest BCUT2D eigenvalue weighted by Crippen LogP contribution is -2.67. The zero-order valence-electron chi connectivity index (χ0n) is 13.4. The number of nitrogens with one attached hydrogen (secondary N) is 1. The molecule has 0 saturated heterocycles. The molecule has 1 aromatic rings. The lowest BCUT2D eigenvalue weighted by Gasteiger charge is -2.61. The molecule has 0 bridgehead atoms. The Hall–Kier alpha value is -1.06. The van der Waals surface area contributed by atoms with Crippen LogP contribution in [0.3, 0.4) is 0 Å². The average molecular weight is 289 g/mol. The number of hydrogen-bond acceptors (Lipinski definition) is 3. The maximum absolute atomic E-state index is 5.93. The summed E-state index contributed by atoms with van der Waals surface area (Å²) < 4.78 is 11.3. The maximum atomic E-state index is 5.93. The van der Waals surface area contributed by atoms with Crippen LogP contribution in [0.5, 0.6) is 5.75 Å². The molecule has 0 aromatic heterocycles. The fraction of sp³-hybridized carbons (Fsp3) is 0.667. The quantitative estimate of drug-likeness (QED) is 0.866. The summed E-state index contributed by atoms with van der Waals surface area (Å²) in [5.74, 6) is 0.931. The Morgan fingerprint density at radius 1 is 1.38 bits per heavy atom. The molecule has 0 heterocycles. The average Bonchev–Trinajstić information content (AvgIpc) is 2.44. The number of rotatable bonds is 6. The molecule has 2 unspecified atom stereocenters. The van der Waals surface area contributed by atoms with Gasteiger partial charge < -0.3 is 14.8 Å². The maximum Gasteiger partial charge on any atom is 0.119 e. The van der Waals surface area contributed by atoms with Crippen molar-refractivity contribution in [1.29, 1.82) is 0 Å². The largest absolute Gasteiger partial charge is 0.497 e. The van der Waals surface area contributed by atoms with E-state index in [1.807, 2.05) is 6.07 Å². The van der Waals surface area contributed by atoms with E-state index in [4.69, 9.17) is 9.47 Å². The molecule has 1 aromatic carbocycles. The van der Waals surface area contributed by atoms with Gasteiger partial charge in [-0.25, -0.2) is 0 Å². The summed E-state index contributed by atoms with van der Waals surface area (Å²) in [6.07, 6.45) is 5.63. The van der Waals surface area contributed by atoms with E-state index in [1.165, 1.54) is 24.8 Å². The van der Waals surface area contributed by atoms with Gasteiger partial charge in [-0.3, -0.25) is 0 Å². The highest BCUT2D eigenvalue weighted by Gasteiger charge is 2.58. The van der Waals surface area contributed by atoms with Gasteiger partial charge in [0.1, 0.15) is 5.75 Å². The minimum atomic E-state index is 0.352. The lowest BCUT2D eigenvalue weighted by molar-refractivity contribution is -0.174. The molecule has 2 fully saturated rings. The Morgan fingerprint density at radius 2 is 2.19 bits per heavy atom. The fourth-order valence-corrected chi connectivity index (χ4v) is 3.98. The van der Waals surface area contributed by atoms with Gasteiger partial charge in [0, 0.05) is 24.1 Å². The Bertz CT molecular complexity index is 484. The highest BCUT2D eigenvalue weighted by molar-refractivity contribution is 5.30. The van der Waals surface area contributed by atoms with E-state index in [-0.39, 0.29) is 0 Å². The highest BCUT2D eigenvalue weighted by atomic mass is 16.5. The van der Waals surface area contributed by atoms with Crippen molar-refractivity contribution in [3.05, 3.63) is 29.8 Å². The van der Waals surface area contributed by atoms with Crippen molar-refractivity contribution in [3.63, 3.8) is 0 Å². The normalized spacial score (nSPS) is 27.8. The third kappa shape index (κ3) is 2.58. The van der Waals surface area contributed by atoms with Crippen LogP contribution >= 0.6 is 0 Å². The van der Waals surface area contributed by atoms with Crippen LogP contribution < -0.4 is 10.1 Å². The SMILES string of the molecule is CCOC1CC(N[C@H](C)c2cccc(OC)c2)C12CCC2. The van der Waals surface area contributed by atoms with Gasteiger partial charge in [0.25, 0.3) is 0 Å². The second-order valence-electron chi connectivity index (χ2n) is 6.48. The van der Waals surface area contributed by atoms with Crippen molar-refractivity contribution in [1.82, 2.24) is 5.32 Å². The van der Waals surface area contributed by atoms with E-state index in [2.05, 4.69) is 37.4 Å². The predicted octanol–water partition coefficient (Wildman–Crippen LogP) is 3.69. The zero-order chi connectivity index (χ0) is 14.9. The van der Waals surface area contributed by atoms with Crippen molar-refractivity contribution in [2.24, 2.45) is 5.41 Å². The minimum absolute atomic E-state index is 0.352. The van der Waals surface area contributed by atoms with Gasteiger partial charge >= 0.3 is 0 Å². The summed E-state index contributed by atoms with van der Waals surface area (Å²) in [4.78, 5) is 0. The van der Waals surface area contributed by atoms with Gasteiger partial charge in [0.15, 0.2) is 0 Å². The van der Waals surface area contributed by atoms with Gasteiger partial charge in [-0.15, -0.1) is 0 Å². The van der Waals surface area contributed by atoms with Crippen molar-refractivity contribution < 1.29 is 9.47 Å². The van der Waals surface area contributed by atoms with E-state index in [0.29, 0.717) is 23.6 Å². The van der Waals surface area contributed by atoms with Crippen LogP contribution in [-0.2, 0) is 4.74 Å². The molecular weight excluding hydrogens is 262 g/mol. The molecule has 3 rings (SSSR count). The van der Waals surface area contributed by atoms with Crippen LogP contribution in [0.2, 0.25) is 0 Å². The van der Waals surface area contributed by atoms with Crippen molar-refractivity contribution in [3.8, 4) is 5.75 Å². The molecule has 0 radical (unpaired) electrons. The van der Waals surface area contributed by atoms with E-state index in [9.17, 15) is 0 Å². The molecule has 21 heavy (non-hydrogen) atoms. The van der Waals surface area contributed by atoms with Gasteiger partial charge in [-0.1, -0.05) is 18.6 Å². The number of ether oxygens (including phenoxy) is 2. The van der Waals surface area contributed by atoms with E-state index >= 15 is 0 Å². The molecule has 3 nitrogen and oxygen atoms in total. The monoisotopic (exact) mass is 289 g/mol. The van der Waals surface area contributed by atoms with Gasteiger partial charge in [0.05, 0.1) is 13.2 Å². The fourth-order valence-electron chi connectivity index (χ4n) is 3.98. The van der Waals surface area contributed by atoms with E-state index in [0.717, 1.165) is 18.8 Å². The molecular formula is C18H27NO2. The molecule has 2 aliphatic rings. The molecule has 0 aliphatic heterocycles. The standard InChI is InChI=1S/C18H27NO2/c1-4-21-17-12-16(18(17)9-6-10-18)19-13(2)14-7-5-8-15(11-14)20-3/h5,7-8,11,13,16-17,19H,4,6,9-10,12H2,1-3H3/t13-,16?,17?/m1/s1. The first-order chi connectivity index (χ1) is 10.2. The van der Waals surface area contributed by atoms with Crippen molar-refractivity contribution in [2.75, 3.05) is 13.7 Å². The second kappa shape index (κ2) is 5.98. The Morgan fingerprint density at radius 3 is 2.81 bits per heavy atom. The minimum Gasteiger partial charge on any atom is -0.497 e. The number of hydrogen-bond donors (Lipinski definition) is 1. The molecule has 3 heteroatoms. The summed E-state index contributed by atoms with van der Waals surface area (Å²) in [5, 5.41) is 3.83. The summed E-state index contributed by atoms with van der Waals surface area (Å²) in [7, 11) is 1.72. The summed E-state index contributed by atoms with van der Waals surface area (Å²) in [6, 6.07) is 9.32. The first kappa shape index (κ1) is 14.9. The third-order valence-electron chi connectivity index (χ3n) is 5.48. The van der Waals surface area contributed by atoms with Crippen molar-refractivity contribution >= 4 is 0 Å². The number of methoxy groups -OCH3 is 1. The summed E-state index contributed by atoms with van der Waals surface area (Å²) in [5.41, 5.74) is 1.71. The van der Waals surface area contributed by atoms with Crippen LogP contribution in [-0.4, -0.2) is 25.9 Å². The van der Waals surface area contributed by atoms with Gasteiger partial charge in [-0.2, -0.15) is 0 Å². The summed E-state index contributed by atoms with van der Waals surface area (Å²) >= 11 is 0. The molecule has 0 amide bonds. The Kier molecular flexibility index (Phi) is 4.23. The molecule has 2 saturated carbocycles. The number of benzene rings is 1. The first-order valence-corrected chi connectivity index (χ1v) is 8.21. The highest BCUT2D eigenvalue weighted by Crippen LogP contribution is 2.57. The van der Waals surface area contributed by atoms with E-state index in [1.54, 1.807) is 7.11 Å². The predicted molar refractivity (Wildman–Crippen MR) is 84.6 cm³/mol. The summed E-state index contributed by atoms with van der Waals surface area (Å²) in [6.45, 7) is 5.19. The van der Waals surface area contributed by atoms with Crippen LogP contribution in [0.4, 0.5) is 0 Å². The van der Waals surface area contributed by atoms with Crippen LogP contribution in [0.1, 0.15) is 51.1 Å². The van der Waals surface area contributed by atoms with Gasteiger partial charge in [0.2, 0.25) is 0 Å². The van der Waals surface area contributed by atoms with Crippen LogP contribution in [0.15, 0.2) is 24.3 Å². The first-order valence-electron chi connectivity index (χ1n) is 8.21. The topological polar surface area (TPSA) is 30.5 Å². The smallest absolute Gasteiger partial charge is 0.119 e. The Labute approximate surface area is 128 Å². The molecule has 116 valence electrons. The van der Waals surface area contributed by atoms with Gasteiger partial charge in [-0.05, 0) is 50.8 Å². The third-order valence-corrected chi connectivity index (χ3v) is 5.48. The van der Waals surface area contributed by atoms with Crippen LogP contribution in [0, 0.1) is 5.41 Å². The molecule has 1 N–H and O–H groups in total. The van der Waals surface area contributed by atoms with E-state index < -0.39 is 0 Å². The molecule has 1 spiro atoms. The second-order valence-corrected chi connectivity index (χ2v) is 6.48. The van der Waals surface area contributed by atoms with Crippen LogP contribution in [0.25, 0.3) is 0 Å². The molecule has 3 atom stereocenters. The Balaban J connectivity index is 1.64. The lowest BCUT2D eigenvalue weighted by atomic mass is 9.51. The molecule has 2 aliphatic carbocycles.